The van der Waals surface area contributed by atoms with E-state index in [4.69, 9.17) is 14.9 Å². The smallest absolute Gasteiger partial charge is 0.264 e. The van der Waals surface area contributed by atoms with Gasteiger partial charge in [-0.05, 0) is 76.1 Å². The number of thioether (sulfide) groups is 1. The van der Waals surface area contributed by atoms with Crippen molar-refractivity contribution in [2.75, 3.05) is 6.61 Å². The minimum atomic E-state index is -0.297. The molecule has 0 unspecified atom stereocenters. The van der Waals surface area contributed by atoms with Gasteiger partial charge in [0, 0.05) is 0 Å². The number of hydrogen-bond acceptors (Lipinski definition) is 5. The molecule has 0 atom stereocenters. The topological polar surface area (TPSA) is 71.4 Å². The highest BCUT2D eigenvalue weighted by molar-refractivity contribution is 9.10. The standard InChI is InChI=1S/C19H16BrFN2O3S/c1-2-25-15-8-12(9-16-18(24)23-19(22)27-16)7-14(20)17(15)26-10-11-3-5-13(21)6-4-11/h3-9H,2,10H2,1H3,(H2,22,23,24)/b16-9-. The van der Waals surface area contributed by atoms with Crippen molar-refractivity contribution < 1.29 is 18.7 Å². The van der Waals surface area contributed by atoms with Crippen molar-refractivity contribution in [1.82, 2.24) is 5.32 Å². The Hall–Kier alpha value is -2.32. The molecule has 0 spiro atoms. The van der Waals surface area contributed by atoms with Crippen molar-refractivity contribution in [2.24, 2.45) is 0 Å². The lowest BCUT2D eigenvalue weighted by Gasteiger charge is -2.15. The van der Waals surface area contributed by atoms with Gasteiger partial charge in [0.1, 0.15) is 12.4 Å². The number of amides is 1. The molecule has 0 radical (unpaired) electrons. The second kappa shape index (κ2) is 8.58. The van der Waals surface area contributed by atoms with E-state index in [1.807, 2.05) is 13.0 Å². The summed E-state index contributed by atoms with van der Waals surface area (Å²) in [4.78, 5) is 12.2. The highest BCUT2D eigenvalue weighted by Crippen LogP contribution is 2.38. The van der Waals surface area contributed by atoms with Gasteiger partial charge in [-0.25, -0.2) is 4.39 Å². The van der Waals surface area contributed by atoms with Crippen molar-refractivity contribution in [1.29, 1.82) is 5.41 Å². The fourth-order valence-corrected chi connectivity index (χ4v) is 3.68. The first-order valence-corrected chi connectivity index (χ1v) is 9.70. The molecule has 1 heterocycles. The Kier molecular flexibility index (Phi) is 6.18. The van der Waals surface area contributed by atoms with Crippen LogP contribution in [-0.2, 0) is 11.4 Å². The monoisotopic (exact) mass is 450 g/mol. The van der Waals surface area contributed by atoms with Gasteiger partial charge in [0.15, 0.2) is 16.7 Å². The van der Waals surface area contributed by atoms with Crippen LogP contribution in [0.1, 0.15) is 18.1 Å². The molecule has 1 fully saturated rings. The zero-order chi connectivity index (χ0) is 19.4. The first kappa shape index (κ1) is 19.4. The number of rotatable bonds is 6. The highest BCUT2D eigenvalue weighted by atomic mass is 79.9. The summed E-state index contributed by atoms with van der Waals surface area (Å²) in [5.74, 6) is 0.462. The van der Waals surface area contributed by atoms with Gasteiger partial charge in [0.05, 0.1) is 16.0 Å². The largest absolute Gasteiger partial charge is 0.490 e. The summed E-state index contributed by atoms with van der Waals surface area (Å²) in [6, 6.07) is 9.67. The van der Waals surface area contributed by atoms with Gasteiger partial charge in [-0.2, -0.15) is 0 Å². The predicted molar refractivity (Wildman–Crippen MR) is 107 cm³/mol. The van der Waals surface area contributed by atoms with Gasteiger partial charge >= 0.3 is 0 Å². The van der Waals surface area contributed by atoms with Crippen LogP contribution in [0.25, 0.3) is 6.08 Å². The molecular weight excluding hydrogens is 435 g/mol. The molecule has 140 valence electrons. The summed E-state index contributed by atoms with van der Waals surface area (Å²) in [7, 11) is 0. The number of halogens is 2. The number of carbonyl (C=O) groups is 1. The summed E-state index contributed by atoms with van der Waals surface area (Å²) in [6.45, 7) is 2.57. The number of carbonyl (C=O) groups excluding carboxylic acids is 1. The first-order chi connectivity index (χ1) is 13.0. The zero-order valence-electron chi connectivity index (χ0n) is 14.3. The number of hydrogen-bond donors (Lipinski definition) is 2. The number of nitrogens with one attached hydrogen (secondary N) is 2. The van der Waals surface area contributed by atoms with E-state index < -0.39 is 0 Å². The van der Waals surface area contributed by atoms with Crippen LogP contribution in [0.3, 0.4) is 0 Å². The third-order valence-corrected chi connectivity index (χ3v) is 5.01. The van der Waals surface area contributed by atoms with E-state index in [0.29, 0.717) is 27.5 Å². The lowest BCUT2D eigenvalue weighted by Crippen LogP contribution is -2.18. The molecule has 0 aliphatic carbocycles. The van der Waals surface area contributed by atoms with Crippen LogP contribution < -0.4 is 14.8 Å². The van der Waals surface area contributed by atoms with Crippen molar-refractivity contribution in [3.05, 3.63) is 62.7 Å². The van der Waals surface area contributed by atoms with Gasteiger partial charge in [-0.3, -0.25) is 10.2 Å². The van der Waals surface area contributed by atoms with E-state index in [0.717, 1.165) is 22.9 Å². The van der Waals surface area contributed by atoms with Gasteiger partial charge in [-0.15, -0.1) is 0 Å². The molecule has 5 nitrogen and oxygen atoms in total. The molecule has 0 saturated carbocycles. The lowest BCUT2D eigenvalue weighted by atomic mass is 10.1. The maximum Gasteiger partial charge on any atom is 0.264 e. The van der Waals surface area contributed by atoms with Crippen LogP contribution in [0.5, 0.6) is 11.5 Å². The van der Waals surface area contributed by atoms with Gasteiger partial charge in [0.2, 0.25) is 0 Å². The van der Waals surface area contributed by atoms with Crippen LogP contribution in [0.15, 0.2) is 45.8 Å². The van der Waals surface area contributed by atoms with Gasteiger partial charge in [-0.1, -0.05) is 12.1 Å². The Balaban J connectivity index is 1.85. The average Bonchev–Trinajstić information content (AvgIpc) is 2.93. The van der Waals surface area contributed by atoms with Crippen molar-refractivity contribution in [3.8, 4) is 11.5 Å². The fourth-order valence-electron chi connectivity index (χ4n) is 2.40. The molecule has 2 N–H and O–H groups in total. The average molecular weight is 451 g/mol. The summed E-state index contributed by atoms with van der Waals surface area (Å²) in [5.41, 5.74) is 1.57. The van der Waals surface area contributed by atoms with Crippen LogP contribution in [0.4, 0.5) is 4.39 Å². The molecule has 1 amide bonds. The second-order valence-corrected chi connectivity index (χ2v) is 7.48. The summed E-state index contributed by atoms with van der Waals surface area (Å²) in [6.07, 6.45) is 1.69. The minimum absolute atomic E-state index is 0.106. The Bertz CT molecular complexity index is 916. The molecule has 1 saturated heterocycles. The van der Waals surface area contributed by atoms with E-state index in [1.54, 1.807) is 24.3 Å². The molecular formula is C19H16BrFN2O3S. The number of benzene rings is 2. The molecule has 0 bridgehead atoms. The van der Waals surface area contributed by atoms with E-state index >= 15 is 0 Å². The molecule has 2 aromatic rings. The van der Waals surface area contributed by atoms with Crippen molar-refractivity contribution in [3.63, 3.8) is 0 Å². The SMILES string of the molecule is CCOc1cc(/C=C2\SC(=N)NC2=O)cc(Br)c1OCc1ccc(F)cc1. The maximum atomic E-state index is 13.0. The van der Waals surface area contributed by atoms with Crippen LogP contribution in [-0.4, -0.2) is 17.7 Å². The molecule has 1 aliphatic rings. The van der Waals surface area contributed by atoms with Gasteiger partial charge in [0.25, 0.3) is 5.91 Å². The Morgan fingerprint density at radius 1 is 1.26 bits per heavy atom. The Morgan fingerprint density at radius 3 is 2.63 bits per heavy atom. The fraction of sp³-hybridized carbons (Fsp3) is 0.158. The third kappa shape index (κ3) is 4.90. The van der Waals surface area contributed by atoms with Gasteiger partial charge < -0.3 is 14.8 Å². The summed E-state index contributed by atoms with van der Waals surface area (Å²) in [5, 5.41) is 10.1. The van der Waals surface area contributed by atoms with Crippen LogP contribution in [0, 0.1) is 11.2 Å². The molecule has 8 heteroatoms. The molecule has 2 aromatic carbocycles. The van der Waals surface area contributed by atoms with E-state index in [1.165, 1.54) is 12.1 Å². The van der Waals surface area contributed by atoms with Crippen LogP contribution in [0.2, 0.25) is 0 Å². The Labute approximate surface area is 168 Å². The first-order valence-electron chi connectivity index (χ1n) is 8.09. The predicted octanol–water partition coefficient (Wildman–Crippen LogP) is 4.70. The van der Waals surface area contributed by atoms with E-state index in [-0.39, 0.29) is 23.5 Å². The maximum absolute atomic E-state index is 13.0. The molecule has 1 aliphatic heterocycles. The van der Waals surface area contributed by atoms with Crippen molar-refractivity contribution >= 4 is 44.8 Å². The molecule has 27 heavy (non-hydrogen) atoms. The van der Waals surface area contributed by atoms with E-state index in [2.05, 4.69) is 21.2 Å². The Morgan fingerprint density at radius 2 is 2.00 bits per heavy atom. The zero-order valence-corrected chi connectivity index (χ0v) is 16.7. The molecule has 3 rings (SSSR count). The number of amidine groups is 1. The highest BCUT2D eigenvalue weighted by Gasteiger charge is 2.22. The van der Waals surface area contributed by atoms with Crippen LogP contribution >= 0.6 is 27.7 Å². The summed E-state index contributed by atoms with van der Waals surface area (Å²) >= 11 is 4.56. The third-order valence-electron chi connectivity index (χ3n) is 3.59. The minimum Gasteiger partial charge on any atom is -0.490 e. The van der Waals surface area contributed by atoms with E-state index in [9.17, 15) is 9.18 Å². The summed E-state index contributed by atoms with van der Waals surface area (Å²) < 4.78 is 25.3. The van der Waals surface area contributed by atoms with Crippen molar-refractivity contribution in [2.45, 2.75) is 13.5 Å². The molecule has 0 aromatic heterocycles. The number of ether oxygens (including phenoxy) is 2. The normalized spacial score (nSPS) is 15.1. The quantitative estimate of drug-likeness (QED) is 0.625. The second-order valence-electron chi connectivity index (χ2n) is 5.57. The lowest BCUT2D eigenvalue weighted by molar-refractivity contribution is -0.115.